The summed E-state index contributed by atoms with van der Waals surface area (Å²) in [6, 6.07) is 0. The van der Waals surface area contributed by atoms with Gasteiger partial charge < -0.3 is 0 Å². The van der Waals surface area contributed by atoms with Crippen molar-refractivity contribution in [2.24, 2.45) is 10.9 Å². The number of rotatable bonds is 1. The van der Waals surface area contributed by atoms with E-state index >= 15 is 0 Å². The summed E-state index contributed by atoms with van der Waals surface area (Å²) in [5.74, 6) is 0.707. The molecule has 0 aromatic rings. The summed E-state index contributed by atoms with van der Waals surface area (Å²) in [7, 11) is 0. The zero-order valence-electron chi connectivity index (χ0n) is 5.60. The highest BCUT2D eigenvalue weighted by atomic mass is 14.8. The largest absolute Gasteiger partial charge is 0.286 e. The minimum Gasteiger partial charge on any atom is -0.286 e. The van der Waals surface area contributed by atoms with Crippen molar-refractivity contribution in [2.45, 2.75) is 20.8 Å². The number of aliphatic imine (C=N–C) groups is 1. The van der Waals surface area contributed by atoms with E-state index in [1.54, 1.807) is 6.21 Å². The van der Waals surface area contributed by atoms with Crippen molar-refractivity contribution in [3.05, 3.63) is 0 Å². The van der Waals surface area contributed by atoms with Gasteiger partial charge in [0.25, 0.3) is 0 Å². The van der Waals surface area contributed by atoms with Gasteiger partial charge in [0.05, 0.1) is 0 Å². The van der Waals surface area contributed by atoms with Gasteiger partial charge in [0, 0.05) is 12.1 Å². The SMILES string of the molecule is C/C=N\C(=N)C(C)C. The number of hydrogen-bond acceptors (Lipinski definition) is 1. The molecule has 0 radical (unpaired) electrons. The summed E-state index contributed by atoms with van der Waals surface area (Å²) < 4.78 is 0. The molecule has 0 fully saturated rings. The van der Waals surface area contributed by atoms with Crippen LogP contribution in [0.15, 0.2) is 4.99 Å². The van der Waals surface area contributed by atoms with Gasteiger partial charge in [-0.05, 0) is 6.92 Å². The first-order valence-corrected chi connectivity index (χ1v) is 2.75. The van der Waals surface area contributed by atoms with E-state index in [1.165, 1.54) is 0 Å². The summed E-state index contributed by atoms with van der Waals surface area (Å²) >= 11 is 0. The van der Waals surface area contributed by atoms with E-state index in [9.17, 15) is 0 Å². The van der Waals surface area contributed by atoms with Crippen LogP contribution in [0.3, 0.4) is 0 Å². The Bertz CT molecular complexity index is 103. The molecule has 0 unspecified atom stereocenters. The second-order valence-corrected chi connectivity index (χ2v) is 1.93. The van der Waals surface area contributed by atoms with Crippen LogP contribution in [0.25, 0.3) is 0 Å². The van der Waals surface area contributed by atoms with E-state index in [-0.39, 0.29) is 5.92 Å². The van der Waals surface area contributed by atoms with Crippen molar-refractivity contribution in [2.75, 3.05) is 0 Å². The van der Waals surface area contributed by atoms with Crippen LogP contribution in [0.2, 0.25) is 0 Å². The summed E-state index contributed by atoms with van der Waals surface area (Å²) in [6.45, 7) is 5.72. The number of amidine groups is 1. The standard InChI is InChI=1S/C6H12N2/c1-4-8-6(7)5(2)3/h4-5,7H,1-3H3/b7-6?,8-4-. The first-order valence-electron chi connectivity index (χ1n) is 2.75. The van der Waals surface area contributed by atoms with Crippen LogP contribution in [-0.4, -0.2) is 12.1 Å². The number of hydrogen-bond donors (Lipinski definition) is 1. The van der Waals surface area contributed by atoms with Crippen LogP contribution in [0.5, 0.6) is 0 Å². The lowest BCUT2D eigenvalue weighted by Gasteiger charge is -1.97. The molecule has 2 heteroatoms. The van der Waals surface area contributed by atoms with Gasteiger partial charge in [-0.2, -0.15) is 0 Å². The summed E-state index contributed by atoms with van der Waals surface area (Å²) in [4.78, 5) is 3.78. The highest BCUT2D eigenvalue weighted by Gasteiger charge is 1.95. The second kappa shape index (κ2) is 3.36. The Morgan fingerprint density at radius 1 is 1.62 bits per heavy atom. The average Bonchev–Trinajstić information content (AvgIpc) is 1.67. The van der Waals surface area contributed by atoms with Gasteiger partial charge in [-0.25, -0.2) is 4.99 Å². The monoisotopic (exact) mass is 112 g/mol. The van der Waals surface area contributed by atoms with Crippen molar-refractivity contribution in [1.82, 2.24) is 0 Å². The quantitative estimate of drug-likeness (QED) is 0.396. The second-order valence-electron chi connectivity index (χ2n) is 1.93. The average molecular weight is 112 g/mol. The molecular weight excluding hydrogens is 100 g/mol. The highest BCUT2D eigenvalue weighted by molar-refractivity contribution is 5.87. The zero-order valence-corrected chi connectivity index (χ0v) is 5.60. The Labute approximate surface area is 50.1 Å². The molecule has 0 bridgehead atoms. The van der Waals surface area contributed by atoms with E-state index in [0.29, 0.717) is 5.84 Å². The maximum absolute atomic E-state index is 7.15. The van der Waals surface area contributed by atoms with Gasteiger partial charge in [-0.15, -0.1) is 0 Å². The molecule has 0 saturated heterocycles. The molecule has 46 valence electrons. The van der Waals surface area contributed by atoms with Gasteiger partial charge in [0.2, 0.25) is 0 Å². The fourth-order valence-corrected chi connectivity index (χ4v) is 0.288. The Morgan fingerprint density at radius 2 is 2.12 bits per heavy atom. The molecule has 0 aliphatic carbocycles. The maximum atomic E-state index is 7.15. The molecule has 0 aromatic carbocycles. The molecule has 0 atom stereocenters. The Balaban J connectivity index is 3.66. The van der Waals surface area contributed by atoms with E-state index in [0.717, 1.165) is 0 Å². The third-order valence-corrected chi connectivity index (χ3v) is 0.815. The lowest BCUT2D eigenvalue weighted by molar-refractivity contribution is 0.866. The van der Waals surface area contributed by atoms with Crippen LogP contribution in [0.4, 0.5) is 0 Å². The molecule has 0 amide bonds. The molecule has 0 heterocycles. The first-order chi connectivity index (χ1) is 3.68. The number of nitrogens with one attached hydrogen (secondary N) is 1. The third kappa shape index (κ3) is 2.50. The molecule has 0 rings (SSSR count). The third-order valence-electron chi connectivity index (χ3n) is 0.815. The van der Waals surface area contributed by atoms with Gasteiger partial charge in [0.1, 0.15) is 5.84 Å². The Kier molecular flexibility index (Phi) is 3.08. The van der Waals surface area contributed by atoms with Crippen LogP contribution in [-0.2, 0) is 0 Å². The Morgan fingerprint density at radius 3 is 2.25 bits per heavy atom. The molecule has 0 aliphatic heterocycles. The van der Waals surface area contributed by atoms with Crippen molar-refractivity contribution >= 4 is 12.1 Å². The summed E-state index contributed by atoms with van der Waals surface area (Å²) in [5, 5.41) is 7.15. The van der Waals surface area contributed by atoms with Gasteiger partial charge in [-0.3, -0.25) is 5.41 Å². The molecule has 2 nitrogen and oxygen atoms in total. The van der Waals surface area contributed by atoms with Gasteiger partial charge in [-0.1, -0.05) is 13.8 Å². The predicted molar refractivity (Wildman–Crippen MR) is 36.7 cm³/mol. The van der Waals surface area contributed by atoms with Gasteiger partial charge in [0.15, 0.2) is 0 Å². The van der Waals surface area contributed by atoms with Crippen LogP contribution < -0.4 is 0 Å². The molecule has 0 aliphatic rings. The summed E-state index contributed by atoms with van der Waals surface area (Å²) in [5.41, 5.74) is 0. The van der Waals surface area contributed by atoms with E-state index in [2.05, 4.69) is 4.99 Å². The fourth-order valence-electron chi connectivity index (χ4n) is 0.288. The van der Waals surface area contributed by atoms with Crippen LogP contribution in [0, 0.1) is 11.3 Å². The zero-order chi connectivity index (χ0) is 6.57. The minimum absolute atomic E-state index is 0.256. The first kappa shape index (κ1) is 7.34. The predicted octanol–water partition coefficient (Wildman–Crippen LogP) is 1.71. The van der Waals surface area contributed by atoms with Crippen LogP contribution >= 0.6 is 0 Å². The molecule has 1 N–H and O–H groups in total. The number of nitrogens with zero attached hydrogens (tertiary/aromatic N) is 1. The fraction of sp³-hybridized carbons (Fsp3) is 0.667. The Hall–Kier alpha value is -0.660. The molecule has 0 saturated carbocycles. The molecule has 8 heavy (non-hydrogen) atoms. The van der Waals surface area contributed by atoms with Crippen LogP contribution in [0.1, 0.15) is 20.8 Å². The van der Waals surface area contributed by atoms with Crippen molar-refractivity contribution in [3.8, 4) is 0 Å². The molecular formula is C6H12N2. The van der Waals surface area contributed by atoms with Crippen molar-refractivity contribution in [3.63, 3.8) is 0 Å². The molecule has 0 spiro atoms. The lowest BCUT2D eigenvalue weighted by atomic mass is 10.2. The smallest absolute Gasteiger partial charge is 0.122 e. The van der Waals surface area contributed by atoms with Crippen molar-refractivity contribution in [1.29, 1.82) is 5.41 Å². The molecule has 0 aromatic heterocycles. The minimum atomic E-state index is 0.256. The lowest BCUT2D eigenvalue weighted by Crippen LogP contribution is -2.00. The highest BCUT2D eigenvalue weighted by Crippen LogP contribution is 1.93. The van der Waals surface area contributed by atoms with E-state index < -0.39 is 0 Å². The summed E-state index contributed by atoms with van der Waals surface area (Å²) in [6.07, 6.45) is 1.64. The normalized spacial score (nSPS) is 11.0. The van der Waals surface area contributed by atoms with E-state index in [1.807, 2.05) is 20.8 Å². The maximum Gasteiger partial charge on any atom is 0.122 e. The van der Waals surface area contributed by atoms with Crippen molar-refractivity contribution < 1.29 is 0 Å². The van der Waals surface area contributed by atoms with Gasteiger partial charge >= 0.3 is 0 Å². The topological polar surface area (TPSA) is 36.2 Å². The van der Waals surface area contributed by atoms with E-state index in [4.69, 9.17) is 5.41 Å².